The summed E-state index contributed by atoms with van der Waals surface area (Å²) in [6, 6.07) is 6.35. The molecule has 0 radical (unpaired) electrons. The molecule has 0 aliphatic rings. The summed E-state index contributed by atoms with van der Waals surface area (Å²) in [6.07, 6.45) is 2.77. The molecule has 0 saturated carbocycles. The van der Waals surface area contributed by atoms with Crippen molar-refractivity contribution in [2.75, 3.05) is 20.0 Å². The van der Waals surface area contributed by atoms with Crippen molar-refractivity contribution in [3.8, 4) is 5.75 Å². The SMILES string of the molecule is COC(=O)[C@H](C)N(Cc1ccc(OC)cc1)C(=O)c1nccnc1N. The average Bonchev–Trinajstić information content (AvgIpc) is 2.65. The van der Waals surface area contributed by atoms with Gasteiger partial charge in [-0.15, -0.1) is 0 Å². The van der Waals surface area contributed by atoms with Gasteiger partial charge in [-0.3, -0.25) is 4.79 Å². The lowest BCUT2D eigenvalue weighted by atomic mass is 10.1. The van der Waals surface area contributed by atoms with Crippen molar-refractivity contribution >= 4 is 17.7 Å². The van der Waals surface area contributed by atoms with Crippen LogP contribution in [0.4, 0.5) is 5.82 Å². The Morgan fingerprint density at radius 1 is 1.16 bits per heavy atom. The van der Waals surface area contributed by atoms with E-state index in [-0.39, 0.29) is 18.1 Å². The number of methoxy groups -OCH3 is 2. The van der Waals surface area contributed by atoms with Gasteiger partial charge in [0.25, 0.3) is 5.91 Å². The Morgan fingerprint density at radius 2 is 1.80 bits per heavy atom. The highest BCUT2D eigenvalue weighted by molar-refractivity contribution is 5.98. The topological polar surface area (TPSA) is 108 Å². The van der Waals surface area contributed by atoms with E-state index >= 15 is 0 Å². The van der Waals surface area contributed by atoms with Crippen molar-refractivity contribution in [2.24, 2.45) is 0 Å². The number of ether oxygens (including phenoxy) is 2. The monoisotopic (exact) mass is 344 g/mol. The molecule has 2 aromatic rings. The fourth-order valence-corrected chi connectivity index (χ4v) is 2.26. The summed E-state index contributed by atoms with van der Waals surface area (Å²) >= 11 is 0. The predicted molar refractivity (Wildman–Crippen MR) is 90.8 cm³/mol. The van der Waals surface area contributed by atoms with Gasteiger partial charge >= 0.3 is 5.97 Å². The van der Waals surface area contributed by atoms with Crippen LogP contribution < -0.4 is 10.5 Å². The third kappa shape index (κ3) is 4.23. The first-order valence-corrected chi connectivity index (χ1v) is 7.56. The molecule has 1 atom stereocenters. The minimum atomic E-state index is -0.819. The van der Waals surface area contributed by atoms with Crippen LogP contribution >= 0.6 is 0 Å². The number of nitrogen functional groups attached to an aromatic ring is 1. The van der Waals surface area contributed by atoms with Crippen LogP contribution in [-0.2, 0) is 16.1 Å². The first-order chi connectivity index (χ1) is 12.0. The molecular formula is C17H20N4O4. The number of carbonyl (C=O) groups is 2. The summed E-state index contributed by atoms with van der Waals surface area (Å²) in [4.78, 5) is 34.0. The van der Waals surface area contributed by atoms with Gasteiger partial charge in [-0.1, -0.05) is 12.1 Å². The van der Waals surface area contributed by atoms with E-state index in [1.807, 2.05) is 12.1 Å². The lowest BCUT2D eigenvalue weighted by molar-refractivity contribution is -0.145. The molecule has 0 saturated heterocycles. The summed E-state index contributed by atoms with van der Waals surface area (Å²) in [5, 5.41) is 0. The zero-order valence-corrected chi connectivity index (χ0v) is 14.3. The van der Waals surface area contributed by atoms with E-state index in [0.717, 1.165) is 5.56 Å². The molecule has 0 aliphatic heterocycles. The van der Waals surface area contributed by atoms with E-state index < -0.39 is 17.9 Å². The molecule has 0 aliphatic carbocycles. The minimum absolute atomic E-state index is 0.00398. The lowest BCUT2D eigenvalue weighted by Gasteiger charge is -2.27. The number of benzene rings is 1. The second-order valence-corrected chi connectivity index (χ2v) is 5.27. The quantitative estimate of drug-likeness (QED) is 0.786. The van der Waals surface area contributed by atoms with Crippen LogP contribution in [0.25, 0.3) is 0 Å². The third-order valence-corrected chi connectivity index (χ3v) is 3.71. The van der Waals surface area contributed by atoms with Gasteiger partial charge in [-0.25, -0.2) is 14.8 Å². The molecule has 25 heavy (non-hydrogen) atoms. The number of esters is 1. The first kappa shape index (κ1) is 18.2. The molecule has 0 spiro atoms. The standard InChI is InChI=1S/C17H20N4O4/c1-11(17(23)25-3)21(10-12-4-6-13(24-2)7-5-12)16(22)14-15(18)20-9-8-19-14/h4-9,11H,10H2,1-3H3,(H2,18,20)/t11-/m0/s1. The van der Waals surface area contributed by atoms with E-state index in [1.165, 1.54) is 24.4 Å². The van der Waals surface area contributed by atoms with Crippen LogP contribution in [0.2, 0.25) is 0 Å². The lowest BCUT2D eigenvalue weighted by Crippen LogP contribution is -2.43. The number of nitrogens with zero attached hydrogens (tertiary/aromatic N) is 3. The fraction of sp³-hybridized carbons (Fsp3) is 0.294. The van der Waals surface area contributed by atoms with Gasteiger partial charge in [0.2, 0.25) is 0 Å². The van der Waals surface area contributed by atoms with Crippen LogP contribution in [0.1, 0.15) is 23.0 Å². The van der Waals surface area contributed by atoms with Crippen molar-refractivity contribution in [3.05, 3.63) is 47.9 Å². The number of carbonyl (C=O) groups excluding carboxylic acids is 2. The van der Waals surface area contributed by atoms with Gasteiger partial charge in [0, 0.05) is 18.9 Å². The smallest absolute Gasteiger partial charge is 0.328 e. The predicted octanol–water partition coefficient (Wildman–Crippen LogP) is 1.27. The van der Waals surface area contributed by atoms with Crippen molar-refractivity contribution in [1.29, 1.82) is 0 Å². The van der Waals surface area contributed by atoms with Gasteiger partial charge in [0.1, 0.15) is 11.8 Å². The van der Waals surface area contributed by atoms with E-state index in [0.29, 0.717) is 5.75 Å². The maximum Gasteiger partial charge on any atom is 0.328 e. The molecule has 0 unspecified atom stereocenters. The van der Waals surface area contributed by atoms with E-state index in [2.05, 4.69) is 9.97 Å². The van der Waals surface area contributed by atoms with Crippen LogP contribution in [0.15, 0.2) is 36.7 Å². The van der Waals surface area contributed by atoms with E-state index in [9.17, 15) is 9.59 Å². The van der Waals surface area contributed by atoms with Crippen molar-refractivity contribution < 1.29 is 19.1 Å². The Hall–Kier alpha value is -3.16. The number of amides is 1. The highest BCUT2D eigenvalue weighted by Gasteiger charge is 2.29. The zero-order chi connectivity index (χ0) is 18.4. The van der Waals surface area contributed by atoms with Gasteiger partial charge < -0.3 is 20.1 Å². The molecule has 132 valence electrons. The summed E-state index contributed by atoms with van der Waals surface area (Å²) in [7, 11) is 2.84. The Labute approximate surface area is 145 Å². The second-order valence-electron chi connectivity index (χ2n) is 5.27. The molecule has 0 bridgehead atoms. The van der Waals surface area contributed by atoms with E-state index in [4.69, 9.17) is 15.2 Å². The Kier molecular flexibility index (Phi) is 5.89. The molecule has 0 fully saturated rings. The zero-order valence-electron chi connectivity index (χ0n) is 14.3. The van der Waals surface area contributed by atoms with Crippen LogP contribution in [0, 0.1) is 0 Å². The molecule has 2 N–H and O–H groups in total. The van der Waals surface area contributed by atoms with Crippen LogP contribution in [0.3, 0.4) is 0 Å². The second kappa shape index (κ2) is 8.09. The first-order valence-electron chi connectivity index (χ1n) is 7.56. The van der Waals surface area contributed by atoms with E-state index in [1.54, 1.807) is 26.2 Å². The van der Waals surface area contributed by atoms with Crippen molar-refractivity contribution in [3.63, 3.8) is 0 Å². The van der Waals surface area contributed by atoms with Crippen molar-refractivity contribution in [1.82, 2.24) is 14.9 Å². The molecule has 1 heterocycles. The summed E-state index contributed by atoms with van der Waals surface area (Å²) < 4.78 is 9.88. The normalized spacial score (nSPS) is 11.5. The highest BCUT2D eigenvalue weighted by Crippen LogP contribution is 2.18. The van der Waals surface area contributed by atoms with Gasteiger partial charge in [-0.05, 0) is 24.6 Å². The van der Waals surface area contributed by atoms with Gasteiger partial charge in [0.15, 0.2) is 11.5 Å². The maximum absolute atomic E-state index is 12.9. The van der Waals surface area contributed by atoms with Crippen LogP contribution in [0.5, 0.6) is 5.75 Å². The number of hydrogen-bond acceptors (Lipinski definition) is 7. The van der Waals surface area contributed by atoms with Crippen LogP contribution in [-0.4, -0.2) is 47.0 Å². The number of hydrogen-bond donors (Lipinski definition) is 1. The highest BCUT2D eigenvalue weighted by atomic mass is 16.5. The van der Waals surface area contributed by atoms with Gasteiger partial charge in [-0.2, -0.15) is 0 Å². The molecule has 1 aromatic heterocycles. The third-order valence-electron chi connectivity index (χ3n) is 3.71. The molecule has 8 heteroatoms. The molecular weight excluding hydrogens is 324 g/mol. The summed E-state index contributed by atoms with van der Waals surface area (Å²) in [5.41, 5.74) is 6.55. The van der Waals surface area contributed by atoms with Gasteiger partial charge in [0.05, 0.1) is 14.2 Å². The minimum Gasteiger partial charge on any atom is -0.497 e. The Morgan fingerprint density at radius 3 is 2.36 bits per heavy atom. The Bertz CT molecular complexity index is 749. The number of aromatic nitrogens is 2. The summed E-state index contributed by atoms with van der Waals surface area (Å²) in [5.74, 6) is -0.339. The molecule has 8 nitrogen and oxygen atoms in total. The number of nitrogens with two attached hydrogens (primary N) is 1. The Balaban J connectivity index is 2.33. The molecule has 2 rings (SSSR count). The molecule has 1 aromatic carbocycles. The number of rotatable bonds is 6. The maximum atomic E-state index is 12.9. The summed E-state index contributed by atoms with van der Waals surface area (Å²) in [6.45, 7) is 1.76. The van der Waals surface area contributed by atoms with Crippen molar-refractivity contribution in [2.45, 2.75) is 19.5 Å². The number of anilines is 1. The molecule has 1 amide bonds. The fourth-order valence-electron chi connectivity index (χ4n) is 2.26. The average molecular weight is 344 g/mol. The largest absolute Gasteiger partial charge is 0.497 e.